The molecule has 1 heterocycles. The van der Waals surface area contributed by atoms with Crippen molar-refractivity contribution >= 4 is 29.2 Å². The maximum absolute atomic E-state index is 11.7. The molecule has 0 bridgehead atoms. The lowest BCUT2D eigenvalue weighted by molar-refractivity contribution is 0.173. The van der Waals surface area contributed by atoms with Crippen molar-refractivity contribution in [2.45, 2.75) is 12.6 Å². The molecule has 2 rings (SSSR count). The number of carbonyl (C=O) groups is 1. The monoisotopic (exact) mass is 342 g/mol. The Bertz CT molecular complexity index is 640. The highest BCUT2D eigenvalue weighted by molar-refractivity contribution is 6.34. The van der Waals surface area contributed by atoms with E-state index in [4.69, 9.17) is 23.2 Å². The number of halogens is 2. The number of nitrogens with one attached hydrogen (secondary N) is 2. The van der Waals surface area contributed by atoms with Gasteiger partial charge in [0.1, 0.15) is 0 Å². The summed E-state index contributed by atoms with van der Waals surface area (Å²) in [5.74, 6) is 0. The standard InChI is InChI=1S/C14H16Cl2N4O2/c1-20-12(2-3-19-20)7-17-14(22)18-8-13(21)9-4-10(15)6-11(16)5-9/h2-6,13,21H,7-8H2,1H3,(H2,17,18,22). The molecular weight excluding hydrogens is 327 g/mol. The Morgan fingerprint density at radius 2 is 2.00 bits per heavy atom. The largest absolute Gasteiger partial charge is 0.387 e. The number of hydrogen-bond donors (Lipinski definition) is 3. The number of nitrogens with zero attached hydrogens (tertiary/aromatic N) is 2. The topological polar surface area (TPSA) is 79.2 Å². The minimum absolute atomic E-state index is 0.0495. The van der Waals surface area contributed by atoms with Crippen LogP contribution in [-0.2, 0) is 13.6 Å². The van der Waals surface area contributed by atoms with E-state index in [1.165, 1.54) is 0 Å². The Morgan fingerprint density at radius 1 is 1.32 bits per heavy atom. The minimum Gasteiger partial charge on any atom is -0.387 e. The lowest BCUT2D eigenvalue weighted by Crippen LogP contribution is -2.37. The van der Waals surface area contributed by atoms with Gasteiger partial charge in [0.05, 0.1) is 18.3 Å². The van der Waals surface area contributed by atoms with Gasteiger partial charge >= 0.3 is 6.03 Å². The first-order chi connectivity index (χ1) is 10.5. The molecule has 0 aliphatic heterocycles. The van der Waals surface area contributed by atoms with E-state index in [0.717, 1.165) is 5.69 Å². The first kappa shape index (κ1) is 16.6. The smallest absolute Gasteiger partial charge is 0.315 e. The summed E-state index contributed by atoms with van der Waals surface area (Å²) in [7, 11) is 1.79. The third-order valence-electron chi connectivity index (χ3n) is 3.08. The molecule has 1 aromatic heterocycles. The molecule has 8 heteroatoms. The molecule has 0 radical (unpaired) electrons. The van der Waals surface area contributed by atoms with Crippen LogP contribution in [-0.4, -0.2) is 27.5 Å². The van der Waals surface area contributed by atoms with Gasteiger partial charge in [-0.15, -0.1) is 0 Å². The Morgan fingerprint density at radius 3 is 2.59 bits per heavy atom. The Labute approximate surface area is 138 Å². The predicted molar refractivity (Wildman–Crippen MR) is 84.9 cm³/mol. The number of urea groups is 1. The molecule has 2 amide bonds. The van der Waals surface area contributed by atoms with Crippen molar-refractivity contribution in [3.05, 3.63) is 51.8 Å². The van der Waals surface area contributed by atoms with Gasteiger partial charge in [-0.2, -0.15) is 5.10 Å². The molecule has 6 nitrogen and oxygen atoms in total. The summed E-state index contributed by atoms with van der Waals surface area (Å²) in [6, 6.07) is 6.21. The van der Waals surface area contributed by atoms with Crippen LogP contribution in [0.15, 0.2) is 30.5 Å². The number of carbonyl (C=O) groups excluding carboxylic acids is 1. The zero-order valence-corrected chi connectivity index (χ0v) is 13.4. The first-order valence-corrected chi connectivity index (χ1v) is 7.34. The minimum atomic E-state index is -0.890. The number of aliphatic hydroxyl groups excluding tert-OH is 1. The Balaban J connectivity index is 1.81. The van der Waals surface area contributed by atoms with Gasteiger partial charge in [-0.25, -0.2) is 4.79 Å². The summed E-state index contributed by atoms with van der Waals surface area (Å²) in [6.07, 6.45) is 0.764. The van der Waals surface area contributed by atoms with Gasteiger partial charge in [-0.1, -0.05) is 23.2 Å². The molecule has 3 N–H and O–H groups in total. The van der Waals surface area contributed by atoms with Crippen LogP contribution in [0.5, 0.6) is 0 Å². The molecule has 0 spiro atoms. The van der Waals surface area contributed by atoms with Gasteiger partial charge in [-0.3, -0.25) is 4.68 Å². The normalized spacial score (nSPS) is 12.0. The van der Waals surface area contributed by atoms with Crippen molar-refractivity contribution in [2.24, 2.45) is 7.05 Å². The highest BCUT2D eigenvalue weighted by Gasteiger charge is 2.11. The van der Waals surface area contributed by atoms with Crippen molar-refractivity contribution in [2.75, 3.05) is 6.54 Å². The summed E-state index contributed by atoms with van der Waals surface area (Å²) in [5, 5.41) is 20.2. The molecule has 0 aliphatic rings. The number of hydrogen-bond acceptors (Lipinski definition) is 3. The van der Waals surface area contributed by atoms with Gasteiger partial charge in [0.15, 0.2) is 0 Å². The molecule has 0 saturated heterocycles. The first-order valence-electron chi connectivity index (χ1n) is 6.58. The number of benzene rings is 1. The average Bonchev–Trinajstić information content (AvgIpc) is 2.86. The molecule has 118 valence electrons. The molecule has 1 aromatic carbocycles. The number of aromatic nitrogens is 2. The maximum Gasteiger partial charge on any atom is 0.315 e. The second-order valence-corrected chi connectivity index (χ2v) is 5.60. The lowest BCUT2D eigenvalue weighted by Gasteiger charge is -2.13. The predicted octanol–water partition coefficient (Wildman–Crippen LogP) is 2.26. The zero-order chi connectivity index (χ0) is 16.1. The van der Waals surface area contributed by atoms with Gasteiger partial charge in [0, 0.05) is 29.8 Å². The van der Waals surface area contributed by atoms with E-state index in [-0.39, 0.29) is 12.6 Å². The van der Waals surface area contributed by atoms with Crippen LogP contribution >= 0.6 is 23.2 Å². The third-order valence-corrected chi connectivity index (χ3v) is 3.51. The average molecular weight is 343 g/mol. The fourth-order valence-electron chi connectivity index (χ4n) is 1.88. The number of aryl methyl sites for hydroxylation is 1. The summed E-state index contributed by atoms with van der Waals surface area (Å²) in [4.78, 5) is 11.7. The van der Waals surface area contributed by atoms with Crippen LogP contribution in [0.25, 0.3) is 0 Å². The van der Waals surface area contributed by atoms with Gasteiger partial charge in [0.2, 0.25) is 0 Å². The summed E-state index contributed by atoms with van der Waals surface area (Å²) in [6.45, 7) is 0.398. The Hall–Kier alpha value is -1.76. The highest BCUT2D eigenvalue weighted by Crippen LogP contribution is 2.23. The van der Waals surface area contributed by atoms with Gasteiger partial charge in [-0.05, 0) is 29.8 Å². The molecule has 0 aliphatic carbocycles. The SMILES string of the molecule is Cn1nccc1CNC(=O)NCC(O)c1cc(Cl)cc(Cl)c1. The summed E-state index contributed by atoms with van der Waals surface area (Å²) in [5.41, 5.74) is 1.42. The van der Waals surface area contributed by atoms with Gasteiger partial charge in [0.25, 0.3) is 0 Å². The third kappa shape index (κ3) is 4.62. The van der Waals surface area contributed by atoms with Crippen LogP contribution in [0, 0.1) is 0 Å². The molecule has 22 heavy (non-hydrogen) atoms. The Kier molecular flexibility index (Phi) is 5.65. The van der Waals surface area contributed by atoms with Crippen molar-refractivity contribution in [1.29, 1.82) is 0 Å². The lowest BCUT2D eigenvalue weighted by atomic mass is 10.1. The molecule has 0 saturated carbocycles. The number of aliphatic hydroxyl groups is 1. The van der Waals surface area contributed by atoms with E-state index in [0.29, 0.717) is 22.2 Å². The summed E-state index contributed by atoms with van der Waals surface area (Å²) >= 11 is 11.8. The van der Waals surface area contributed by atoms with Crippen LogP contribution in [0.1, 0.15) is 17.4 Å². The number of amides is 2. The van der Waals surface area contributed by atoms with E-state index in [2.05, 4.69) is 15.7 Å². The molecule has 1 atom stereocenters. The summed E-state index contributed by atoms with van der Waals surface area (Å²) < 4.78 is 1.67. The van der Waals surface area contributed by atoms with Gasteiger partial charge < -0.3 is 15.7 Å². The van der Waals surface area contributed by atoms with Crippen LogP contribution < -0.4 is 10.6 Å². The van der Waals surface area contributed by atoms with Crippen LogP contribution in [0.3, 0.4) is 0 Å². The van der Waals surface area contributed by atoms with E-state index >= 15 is 0 Å². The second-order valence-electron chi connectivity index (χ2n) is 4.73. The molecular formula is C14H16Cl2N4O2. The van der Waals surface area contributed by atoms with Crippen LogP contribution in [0.4, 0.5) is 4.79 Å². The van der Waals surface area contributed by atoms with Crippen LogP contribution in [0.2, 0.25) is 10.0 Å². The molecule has 2 aromatic rings. The van der Waals surface area contributed by atoms with E-state index in [1.54, 1.807) is 36.1 Å². The quantitative estimate of drug-likeness (QED) is 0.779. The fraction of sp³-hybridized carbons (Fsp3) is 0.286. The van der Waals surface area contributed by atoms with Crippen molar-refractivity contribution in [1.82, 2.24) is 20.4 Å². The van der Waals surface area contributed by atoms with Crippen molar-refractivity contribution in [3.63, 3.8) is 0 Å². The zero-order valence-electron chi connectivity index (χ0n) is 11.9. The fourth-order valence-corrected chi connectivity index (χ4v) is 2.43. The highest BCUT2D eigenvalue weighted by atomic mass is 35.5. The molecule has 1 unspecified atom stereocenters. The molecule has 0 fully saturated rings. The van der Waals surface area contributed by atoms with E-state index < -0.39 is 6.10 Å². The number of rotatable bonds is 5. The maximum atomic E-state index is 11.7. The van der Waals surface area contributed by atoms with E-state index in [9.17, 15) is 9.90 Å². The van der Waals surface area contributed by atoms with E-state index in [1.807, 2.05) is 6.07 Å². The second kappa shape index (κ2) is 7.49. The van der Waals surface area contributed by atoms with Crippen molar-refractivity contribution in [3.8, 4) is 0 Å². The van der Waals surface area contributed by atoms with Crippen molar-refractivity contribution < 1.29 is 9.90 Å².